The molecule has 6 rings (SSSR count). The van der Waals surface area contributed by atoms with Gasteiger partial charge in [-0.1, -0.05) is 60.2 Å². The first kappa shape index (κ1) is 28.6. The van der Waals surface area contributed by atoms with E-state index < -0.39 is 5.66 Å². The smallest absolute Gasteiger partial charge is 0.268 e. The first-order valence-corrected chi connectivity index (χ1v) is 14.7. The lowest BCUT2D eigenvalue weighted by Gasteiger charge is -2.46. The van der Waals surface area contributed by atoms with Gasteiger partial charge in [0, 0.05) is 71.2 Å². The standard InChI is InChI=1S/C34H34ClN5O3/c1-23(41)38-34(39-16-8-3-9-17-39,19-25-20-36-29-12-6-5-11-27(25)29)33(42)40(22-24-10-4-7-13-32(24)43-2)31-21-37-30-15-14-26(35)18-28(30)31/h3-8,10-15,18,20-21,36-37H,9,16-17,19,22H2,1-2H3,(H,38,41). The molecule has 5 aromatic rings. The largest absolute Gasteiger partial charge is 0.496 e. The molecule has 1 aliphatic rings. The fraction of sp³-hybridized carbons (Fsp3) is 0.235. The van der Waals surface area contributed by atoms with Gasteiger partial charge < -0.3 is 24.9 Å². The Morgan fingerprint density at radius 3 is 2.53 bits per heavy atom. The lowest BCUT2D eigenvalue weighted by atomic mass is 9.93. The molecule has 1 atom stereocenters. The van der Waals surface area contributed by atoms with Gasteiger partial charge in [0.15, 0.2) is 5.66 Å². The zero-order chi connectivity index (χ0) is 30.0. The van der Waals surface area contributed by atoms with Crippen molar-refractivity contribution in [1.82, 2.24) is 20.2 Å². The molecule has 220 valence electrons. The molecule has 0 fully saturated rings. The number of hydrogen-bond donors (Lipinski definition) is 3. The highest BCUT2D eigenvalue weighted by Crippen LogP contribution is 2.36. The van der Waals surface area contributed by atoms with Crippen molar-refractivity contribution in [3.05, 3.63) is 107 Å². The summed E-state index contributed by atoms with van der Waals surface area (Å²) in [6, 6.07) is 21.2. The molecule has 0 aliphatic carbocycles. The van der Waals surface area contributed by atoms with Crippen LogP contribution in [0.1, 0.15) is 24.5 Å². The number of nitrogens with one attached hydrogen (secondary N) is 3. The second-order valence-corrected chi connectivity index (χ2v) is 11.3. The van der Waals surface area contributed by atoms with Crippen molar-refractivity contribution in [3.8, 4) is 5.75 Å². The molecule has 0 saturated heterocycles. The van der Waals surface area contributed by atoms with Crippen molar-refractivity contribution in [3.63, 3.8) is 0 Å². The van der Waals surface area contributed by atoms with Crippen LogP contribution in [0.5, 0.6) is 5.75 Å². The van der Waals surface area contributed by atoms with Gasteiger partial charge in [-0.3, -0.25) is 14.5 Å². The molecule has 3 N–H and O–H groups in total. The van der Waals surface area contributed by atoms with Crippen LogP contribution in [0.3, 0.4) is 0 Å². The number of methoxy groups -OCH3 is 1. The predicted octanol–water partition coefficient (Wildman–Crippen LogP) is 6.18. The molecular weight excluding hydrogens is 562 g/mol. The number of anilines is 1. The molecule has 2 aromatic heterocycles. The summed E-state index contributed by atoms with van der Waals surface area (Å²) in [6.45, 7) is 2.79. The van der Waals surface area contributed by atoms with E-state index in [0.29, 0.717) is 29.5 Å². The third kappa shape index (κ3) is 5.51. The van der Waals surface area contributed by atoms with Gasteiger partial charge in [-0.15, -0.1) is 0 Å². The van der Waals surface area contributed by atoms with Gasteiger partial charge in [0.1, 0.15) is 5.75 Å². The summed E-state index contributed by atoms with van der Waals surface area (Å²) in [7, 11) is 1.62. The maximum absolute atomic E-state index is 15.4. The average molecular weight is 596 g/mol. The van der Waals surface area contributed by atoms with Gasteiger partial charge in [0.05, 0.1) is 19.3 Å². The topological polar surface area (TPSA) is 93.5 Å². The van der Waals surface area contributed by atoms with Crippen LogP contribution in [0, 0.1) is 0 Å². The molecule has 9 heteroatoms. The van der Waals surface area contributed by atoms with Crippen LogP contribution >= 0.6 is 11.6 Å². The fourth-order valence-electron chi connectivity index (χ4n) is 6.13. The monoisotopic (exact) mass is 595 g/mol. The third-order valence-corrected chi connectivity index (χ3v) is 8.37. The van der Waals surface area contributed by atoms with Crippen molar-refractivity contribution in [2.45, 2.75) is 32.0 Å². The molecule has 3 aromatic carbocycles. The lowest BCUT2D eigenvalue weighted by molar-refractivity contribution is -0.139. The second-order valence-electron chi connectivity index (χ2n) is 10.9. The van der Waals surface area contributed by atoms with Crippen molar-refractivity contribution in [2.24, 2.45) is 0 Å². The fourth-order valence-corrected chi connectivity index (χ4v) is 6.30. The van der Waals surface area contributed by atoms with Gasteiger partial charge in [-0.2, -0.15) is 0 Å². The number of nitrogens with zero attached hydrogens (tertiary/aromatic N) is 2. The minimum Gasteiger partial charge on any atom is -0.496 e. The average Bonchev–Trinajstić information content (AvgIpc) is 3.63. The Balaban J connectivity index is 1.56. The van der Waals surface area contributed by atoms with Gasteiger partial charge in [-0.05, 0) is 42.3 Å². The van der Waals surface area contributed by atoms with E-state index in [0.717, 1.165) is 39.4 Å². The van der Waals surface area contributed by atoms with E-state index >= 15 is 4.79 Å². The number of halogens is 1. The van der Waals surface area contributed by atoms with Crippen LogP contribution in [0.25, 0.3) is 21.8 Å². The summed E-state index contributed by atoms with van der Waals surface area (Å²) in [5.74, 6) is 0.123. The van der Waals surface area contributed by atoms with Crippen molar-refractivity contribution in [1.29, 1.82) is 0 Å². The number of benzene rings is 3. The molecule has 2 amide bonds. The summed E-state index contributed by atoms with van der Waals surface area (Å²) in [5, 5.41) is 5.53. The van der Waals surface area contributed by atoms with Gasteiger partial charge in [0.25, 0.3) is 5.91 Å². The zero-order valence-electron chi connectivity index (χ0n) is 24.2. The van der Waals surface area contributed by atoms with Crippen molar-refractivity contribution >= 4 is 50.9 Å². The number of H-pyrrole nitrogens is 2. The highest BCUT2D eigenvalue weighted by molar-refractivity contribution is 6.31. The number of aromatic nitrogens is 2. The molecule has 1 unspecified atom stereocenters. The molecule has 0 spiro atoms. The van der Waals surface area contributed by atoms with Crippen LogP contribution < -0.4 is 15.0 Å². The number of ether oxygens (including phenoxy) is 1. The molecule has 8 nitrogen and oxygen atoms in total. The minimum atomic E-state index is -1.40. The Morgan fingerprint density at radius 1 is 0.977 bits per heavy atom. The summed E-state index contributed by atoms with van der Waals surface area (Å²) < 4.78 is 5.69. The molecule has 0 bridgehead atoms. The summed E-state index contributed by atoms with van der Waals surface area (Å²) in [6.07, 6.45) is 8.95. The molecule has 1 aliphatic heterocycles. The summed E-state index contributed by atoms with van der Waals surface area (Å²) in [5.41, 5.74) is 2.85. The van der Waals surface area contributed by atoms with Crippen molar-refractivity contribution < 1.29 is 14.3 Å². The van der Waals surface area contributed by atoms with E-state index in [1.807, 2.05) is 79.1 Å². The third-order valence-electron chi connectivity index (χ3n) is 8.13. The first-order chi connectivity index (χ1) is 20.9. The van der Waals surface area contributed by atoms with Gasteiger partial charge >= 0.3 is 0 Å². The highest BCUT2D eigenvalue weighted by Gasteiger charge is 2.48. The number of carbonyl (C=O) groups is 2. The SMILES string of the molecule is COc1ccccc1CN(C(=O)C(Cc1c[nH]c2ccccc12)(NC(C)=O)N1CC=CCC1)c1c[nH]c2ccc(Cl)cc12. The van der Waals surface area contributed by atoms with E-state index in [1.54, 1.807) is 12.0 Å². The molecule has 43 heavy (non-hydrogen) atoms. The molecule has 3 heterocycles. The molecule has 0 radical (unpaired) electrons. The maximum atomic E-state index is 15.4. The van der Waals surface area contributed by atoms with Crippen LogP contribution in [0.2, 0.25) is 5.02 Å². The van der Waals surface area contributed by atoms with Crippen LogP contribution in [-0.2, 0) is 22.6 Å². The van der Waals surface area contributed by atoms with E-state index in [9.17, 15) is 4.79 Å². The summed E-state index contributed by atoms with van der Waals surface area (Å²) >= 11 is 6.46. The first-order valence-electron chi connectivity index (χ1n) is 14.3. The normalized spacial score (nSPS) is 15.0. The van der Waals surface area contributed by atoms with Gasteiger partial charge in [-0.25, -0.2) is 0 Å². The number of para-hydroxylation sites is 2. The van der Waals surface area contributed by atoms with E-state index in [1.165, 1.54) is 6.92 Å². The Hall–Kier alpha value is -4.53. The predicted molar refractivity (Wildman–Crippen MR) is 171 cm³/mol. The van der Waals surface area contributed by atoms with E-state index in [2.05, 4.69) is 32.3 Å². The molecule has 0 saturated carbocycles. The van der Waals surface area contributed by atoms with Crippen LogP contribution in [-0.4, -0.2) is 52.5 Å². The Kier molecular flexibility index (Phi) is 7.97. The van der Waals surface area contributed by atoms with Crippen LogP contribution in [0.15, 0.2) is 91.3 Å². The number of aromatic amines is 2. The Labute approximate surface area is 255 Å². The number of hydrogen-bond acceptors (Lipinski definition) is 4. The van der Waals surface area contributed by atoms with Gasteiger partial charge in [0.2, 0.25) is 5.91 Å². The van der Waals surface area contributed by atoms with Crippen molar-refractivity contribution in [2.75, 3.05) is 25.1 Å². The van der Waals surface area contributed by atoms with E-state index in [-0.39, 0.29) is 24.8 Å². The maximum Gasteiger partial charge on any atom is 0.268 e. The Morgan fingerprint density at radius 2 is 1.74 bits per heavy atom. The lowest BCUT2D eigenvalue weighted by Crippen LogP contribution is -2.70. The number of carbonyl (C=O) groups excluding carboxylic acids is 2. The number of amides is 2. The van der Waals surface area contributed by atoms with E-state index in [4.69, 9.17) is 16.3 Å². The molecular formula is C34H34ClN5O3. The van der Waals surface area contributed by atoms with Crippen LogP contribution in [0.4, 0.5) is 5.69 Å². The highest BCUT2D eigenvalue weighted by atomic mass is 35.5. The quantitative estimate of drug-likeness (QED) is 0.177. The zero-order valence-corrected chi connectivity index (χ0v) is 24.9. The Bertz CT molecular complexity index is 1830. The number of fused-ring (bicyclic) bond motifs is 2. The minimum absolute atomic E-state index is 0.210. The summed E-state index contributed by atoms with van der Waals surface area (Å²) in [4.78, 5) is 39.0. The number of rotatable bonds is 9. The second kappa shape index (κ2) is 12.0.